The number of hydrogen-bond acceptors (Lipinski definition) is 3. The summed E-state index contributed by atoms with van der Waals surface area (Å²) in [5, 5.41) is 30.1. The monoisotopic (exact) mass is 362 g/mol. The molecule has 0 heterocycles. The first-order valence-electron chi connectivity index (χ1n) is 9.21. The summed E-state index contributed by atoms with van der Waals surface area (Å²) in [4.78, 5) is 0. The fourth-order valence-corrected chi connectivity index (χ4v) is 3.82. The van der Waals surface area contributed by atoms with Gasteiger partial charge in [-0.1, -0.05) is 48.1 Å². The van der Waals surface area contributed by atoms with Gasteiger partial charge >= 0.3 is 0 Å². The zero-order chi connectivity index (χ0) is 19.6. The Kier molecular flexibility index (Phi) is 5.41. The average molecular weight is 362 g/mol. The molecule has 0 saturated heterocycles. The molecule has 1 aliphatic rings. The predicted octanol–water partition coefficient (Wildman–Crippen LogP) is 5.99. The molecule has 1 unspecified atom stereocenters. The van der Waals surface area contributed by atoms with Crippen molar-refractivity contribution in [3.05, 3.63) is 76.9 Å². The molecule has 2 atom stereocenters. The lowest BCUT2D eigenvalue weighted by Crippen LogP contribution is -2.17. The first-order valence-corrected chi connectivity index (χ1v) is 9.21. The zero-order valence-corrected chi connectivity index (χ0v) is 15.8. The van der Waals surface area contributed by atoms with Gasteiger partial charge in [-0.15, -0.1) is 0 Å². The molecular formula is C24H26O3. The largest absolute Gasteiger partial charge is 0.508 e. The second-order valence-electron chi connectivity index (χ2n) is 7.42. The Morgan fingerprint density at radius 2 is 1.74 bits per heavy atom. The van der Waals surface area contributed by atoms with Gasteiger partial charge < -0.3 is 15.3 Å². The van der Waals surface area contributed by atoms with Crippen LogP contribution in [0.5, 0.6) is 17.2 Å². The molecule has 3 N–H and O–H groups in total. The van der Waals surface area contributed by atoms with Crippen molar-refractivity contribution >= 4 is 12.2 Å². The predicted molar refractivity (Wildman–Crippen MR) is 111 cm³/mol. The van der Waals surface area contributed by atoms with E-state index in [9.17, 15) is 15.3 Å². The summed E-state index contributed by atoms with van der Waals surface area (Å²) >= 11 is 0. The Hall–Kier alpha value is -2.94. The van der Waals surface area contributed by atoms with Crippen LogP contribution < -0.4 is 0 Å². The molecule has 0 amide bonds. The number of allylic oxidation sites excluding steroid dienone is 3. The van der Waals surface area contributed by atoms with Crippen molar-refractivity contribution < 1.29 is 15.3 Å². The fraction of sp³-hybridized carbons (Fsp3) is 0.250. The number of phenols is 3. The third kappa shape index (κ3) is 4.25. The van der Waals surface area contributed by atoms with E-state index in [4.69, 9.17) is 0 Å². The van der Waals surface area contributed by atoms with Gasteiger partial charge in [0.25, 0.3) is 0 Å². The molecule has 3 rings (SSSR count). The van der Waals surface area contributed by atoms with Crippen LogP contribution in [0.2, 0.25) is 0 Å². The molecule has 0 aromatic heterocycles. The van der Waals surface area contributed by atoms with Crippen LogP contribution in [0.4, 0.5) is 0 Å². The van der Waals surface area contributed by atoms with Gasteiger partial charge in [-0.25, -0.2) is 0 Å². The molecule has 0 radical (unpaired) electrons. The van der Waals surface area contributed by atoms with E-state index in [2.05, 4.69) is 19.6 Å². The first-order chi connectivity index (χ1) is 12.8. The van der Waals surface area contributed by atoms with Crippen LogP contribution in [0.3, 0.4) is 0 Å². The summed E-state index contributed by atoms with van der Waals surface area (Å²) in [6, 6.07) is 9.97. The van der Waals surface area contributed by atoms with E-state index in [1.54, 1.807) is 18.2 Å². The molecule has 140 valence electrons. The van der Waals surface area contributed by atoms with Gasteiger partial charge in [0.15, 0.2) is 0 Å². The highest BCUT2D eigenvalue weighted by molar-refractivity contribution is 5.74. The van der Waals surface area contributed by atoms with Crippen LogP contribution in [0.1, 0.15) is 49.3 Å². The van der Waals surface area contributed by atoms with Gasteiger partial charge in [0, 0.05) is 17.5 Å². The number of aromatic hydroxyl groups is 3. The van der Waals surface area contributed by atoms with Crippen LogP contribution >= 0.6 is 0 Å². The molecule has 2 aromatic rings. The van der Waals surface area contributed by atoms with E-state index < -0.39 is 0 Å². The molecule has 0 fully saturated rings. The Balaban J connectivity index is 2.08. The maximum absolute atomic E-state index is 10.7. The minimum absolute atomic E-state index is 0.0244. The highest BCUT2D eigenvalue weighted by Gasteiger charge is 2.29. The summed E-state index contributed by atoms with van der Waals surface area (Å²) < 4.78 is 0. The second-order valence-corrected chi connectivity index (χ2v) is 7.42. The molecule has 2 aromatic carbocycles. The van der Waals surface area contributed by atoms with Crippen molar-refractivity contribution in [1.82, 2.24) is 0 Å². The van der Waals surface area contributed by atoms with Crippen LogP contribution in [0.25, 0.3) is 12.2 Å². The lowest BCUT2D eigenvalue weighted by atomic mass is 9.73. The lowest BCUT2D eigenvalue weighted by molar-refractivity contribution is 0.426. The van der Waals surface area contributed by atoms with Gasteiger partial charge in [0.2, 0.25) is 0 Å². The number of hydrogen-bond donors (Lipinski definition) is 3. The first kappa shape index (κ1) is 18.8. The minimum Gasteiger partial charge on any atom is -0.508 e. The van der Waals surface area contributed by atoms with E-state index in [1.807, 2.05) is 31.2 Å². The molecule has 3 heteroatoms. The lowest BCUT2D eigenvalue weighted by Gasteiger charge is -2.32. The smallest absolute Gasteiger partial charge is 0.123 e. The van der Waals surface area contributed by atoms with Crippen molar-refractivity contribution in [3.63, 3.8) is 0 Å². The van der Waals surface area contributed by atoms with Crippen molar-refractivity contribution in [2.24, 2.45) is 5.92 Å². The molecule has 0 saturated carbocycles. The maximum Gasteiger partial charge on any atom is 0.123 e. The highest BCUT2D eigenvalue weighted by atomic mass is 16.3. The van der Waals surface area contributed by atoms with Crippen molar-refractivity contribution in [1.29, 1.82) is 0 Å². The fourth-order valence-electron chi connectivity index (χ4n) is 3.82. The third-order valence-electron chi connectivity index (χ3n) is 5.24. The summed E-state index contributed by atoms with van der Waals surface area (Å²) in [5.74, 6) is 0.629. The van der Waals surface area contributed by atoms with Gasteiger partial charge in [-0.2, -0.15) is 0 Å². The Labute approximate surface area is 160 Å². The van der Waals surface area contributed by atoms with Gasteiger partial charge in [0.05, 0.1) is 0 Å². The SMILES string of the molecule is C=C(C)[C@H]1CCC(C)=CC1c1c(O)cc(O)cc1/C=C/c1ccc(O)cc1. The van der Waals surface area contributed by atoms with Crippen LogP contribution in [-0.4, -0.2) is 15.3 Å². The summed E-state index contributed by atoms with van der Waals surface area (Å²) in [7, 11) is 0. The van der Waals surface area contributed by atoms with Gasteiger partial charge in [-0.05, 0) is 61.9 Å². The van der Waals surface area contributed by atoms with Crippen LogP contribution in [0.15, 0.2) is 60.2 Å². The Morgan fingerprint density at radius 3 is 2.41 bits per heavy atom. The molecule has 0 bridgehead atoms. The van der Waals surface area contributed by atoms with Gasteiger partial charge in [0.1, 0.15) is 17.2 Å². The maximum atomic E-state index is 10.7. The number of phenolic OH excluding ortho intramolecular Hbond substituents is 3. The second kappa shape index (κ2) is 7.75. The molecule has 0 spiro atoms. The van der Waals surface area contributed by atoms with Crippen molar-refractivity contribution in [2.45, 2.75) is 32.6 Å². The average Bonchev–Trinajstić information content (AvgIpc) is 2.60. The van der Waals surface area contributed by atoms with Crippen LogP contribution in [-0.2, 0) is 0 Å². The topological polar surface area (TPSA) is 60.7 Å². The van der Waals surface area contributed by atoms with Crippen molar-refractivity contribution in [2.75, 3.05) is 0 Å². The van der Waals surface area contributed by atoms with E-state index in [0.717, 1.165) is 35.1 Å². The summed E-state index contributed by atoms with van der Waals surface area (Å²) in [6.45, 7) is 8.31. The van der Waals surface area contributed by atoms with Crippen molar-refractivity contribution in [3.8, 4) is 17.2 Å². The van der Waals surface area contributed by atoms with Crippen LogP contribution in [0, 0.1) is 5.92 Å². The standard InChI is InChI=1S/C24H26O3/c1-15(2)21-11-4-16(3)12-22(21)24-18(13-20(26)14-23(24)27)8-5-17-6-9-19(25)10-7-17/h5-10,12-14,21-22,25-27H,1,4,11H2,2-3H3/b8-5+/t21-,22?/m1/s1. The number of rotatable bonds is 4. The summed E-state index contributed by atoms with van der Waals surface area (Å²) in [5.41, 5.74) is 4.93. The molecule has 1 aliphatic carbocycles. The van der Waals surface area contributed by atoms with E-state index in [-0.39, 0.29) is 29.1 Å². The Morgan fingerprint density at radius 1 is 1.04 bits per heavy atom. The highest BCUT2D eigenvalue weighted by Crippen LogP contribution is 2.45. The summed E-state index contributed by atoms with van der Waals surface area (Å²) in [6.07, 6.45) is 8.06. The van der Waals surface area contributed by atoms with E-state index >= 15 is 0 Å². The molecule has 3 nitrogen and oxygen atoms in total. The van der Waals surface area contributed by atoms with E-state index in [1.165, 1.54) is 11.6 Å². The molecule has 27 heavy (non-hydrogen) atoms. The quantitative estimate of drug-likeness (QED) is 0.462. The van der Waals surface area contributed by atoms with Gasteiger partial charge in [-0.3, -0.25) is 0 Å². The molecule has 0 aliphatic heterocycles. The molecular weight excluding hydrogens is 336 g/mol. The minimum atomic E-state index is 0.0244. The Bertz CT molecular complexity index is 904. The zero-order valence-electron chi connectivity index (χ0n) is 15.8. The third-order valence-corrected chi connectivity index (χ3v) is 5.24. The normalized spacial score (nSPS) is 19.9. The van der Waals surface area contributed by atoms with E-state index in [0.29, 0.717) is 0 Å². The number of benzene rings is 2.